The lowest BCUT2D eigenvalue weighted by molar-refractivity contribution is 0.357. The lowest BCUT2D eigenvalue weighted by Crippen LogP contribution is -2.38. The Balaban J connectivity index is 1.65. The number of ether oxygens (including phenoxy) is 1. The summed E-state index contributed by atoms with van der Waals surface area (Å²) in [6.07, 6.45) is 1.83. The highest BCUT2D eigenvalue weighted by Gasteiger charge is 2.20. The average molecular weight is 431 g/mol. The molecular formula is C22H30N4O3S. The molecule has 2 aromatic carbocycles. The van der Waals surface area contributed by atoms with Crippen LogP contribution in [0.2, 0.25) is 0 Å². The molecule has 0 saturated carbocycles. The second-order valence-corrected chi connectivity index (χ2v) is 9.43. The fraction of sp³-hybridized carbons (Fsp3) is 0.409. The molecule has 0 aliphatic carbocycles. The van der Waals surface area contributed by atoms with Gasteiger partial charge in [0.05, 0.1) is 18.0 Å². The van der Waals surface area contributed by atoms with Gasteiger partial charge in [0.15, 0.2) is 5.96 Å². The van der Waals surface area contributed by atoms with E-state index in [1.54, 1.807) is 18.2 Å². The van der Waals surface area contributed by atoms with E-state index in [1.165, 1.54) is 29.5 Å². The number of rotatable bonds is 8. The van der Waals surface area contributed by atoms with Crippen LogP contribution < -0.4 is 15.4 Å². The zero-order valence-corrected chi connectivity index (χ0v) is 18.6. The third kappa shape index (κ3) is 5.31. The molecule has 30 heavy (non-hydrogen) atoms. The number of hydrogen-bond donors (Lipinski definition) is 2. The molecule has 0 bridgehead atoms. The van der Waals surface area contributed by atoms with Crippen LogP contribution in [0.15, 0.2) is 52.4 Å². The van der Waals surface area contributed by atoms with Crippen molar-refractivity contribution in [2.24, 2.45) is 4.99 Å². The first-order chi connectivity index (χ1) is 14.4. The standard InChI is InChI=1S/C22H30N4O3S/c1-4-23-22(24-13-11-17-9-10-20-18(15-17)12-14-29-20)25-16-19-7-5-6-8-21(19)30(27,28)26(2)3/h5-10,15H,4,11-14,16H2,1-3H3,(H2,23,24,25). The molecule has 7 nitrogen and oxygen atoms in total. The van der Waals surface area contributed by atoms with Crippen molar-refractivity contribution in [3.05, 3.63) is 59.2 Å². The van der Waals surface area contributed by atoms with Crippen molar-refractivity contribution >= 4 is 16.0 Å². The van der Waals surface area contributed by atoms with Crippen molar-refractivity contribution in [2.75, 3.05) is 33.8 Å². The van der Waals surface area contributed by atoms with Gasteiger partial charge in [0, 0.05) is 33.6 Å². The van der Waals surface area contributed by atoms with E-state index in [1.807, 2.05) is 19.1 Å². The minimum atomic E-state index is -3.51. The minimum Gasteiger partial charge on any atom is -0.493 e. The maximum absolute atomic E-state index is 12.6. The Bertz CT molecular complexity index is 1000. The van der Waals surface area contributed by atoms with E-state index in [4.69, 9.17) is 4.74 Å². The van der Waals surface area contributed by atoms with Gasteiger partial charge < -0.3 is 15.4 Å². The smallest absolute Gasteiger partial charge is 0.242 e. The highest BCUT2D eigenvalue weighted by molar-refractivity contribution is 7.89. The molecule has 1 aliphatic rings. The second-order valence-electron chi connectivity index (χ2n) is 7.31. The summed E-state index contributed by atoms with van der Waals surface area (Å²) in [4.78, 5) is 4.88. The third-order valence-corrected chi connectivity index (χ3v) is 6.86. The van der Waals surface area contributed by atoms with E-state index >= 15 is 0 Å². The molecule has 3 rings (SSSR count). The Morgan fingerprint density at radius 3 is 2.73 bits per heavy atom. The van der Waals surface area contributed by atoms with Gasteiger partial charge in [-0.25, -0.2) is 17.7 Å². The summed E-state index contributed by atoms with van der Waals surface area (Å²) < 4.78 is 31.9. The lowest BCUT2D eigenvalue weighted by Gasteiger charge is -2.15. The number of hydrogen-bond acceptors (Lipinski definition) is 4. The largest absolute Gasteiger partial charge is 0.493 e. The van der Waals surface area contributed by atoms with E-state index in [-0.39, 0.29) is 11.4 Å². The van der Waals surface area contributed by atoms with E-state index in [9.17, 15) is 8.42 Å². The summed E-state index contributed by atoms with van der Waals surface area (Å²) in [6, 6.07) is 13.3. The molecule has 0 radical (unpaired) electrons. The molecule has 0 fully saturated rings. The molecule has 162 valence electrons. The van der Waals surface area contributed by atoms with Gasteiger partial charge in [0.2, 0.25) is 10.0 Å². The molecule has 1 heterocycles. The lowest BCUT2D eigenvalue weighted by atomic mass is 10.1. The predicted octanol–water partition coefficient (Wildman–Crippen LogP) is 2.17. The summed E-state index contributed by atoms with van der Waals surface area (Å²) in [5.41, 5.74) is 3.19. The first-order valence-corrected chi connectivity index (χ1v) is 11.6. The number of benzene rings is 2. The zero-order chi connectivity index (χ0) is 21.6. The van der Waals surface area contributed by atoms with Gasteiger partial charge >= 0.3 is 0 Å². The summed E-state index contributed by atoms with van der Waals surface area (Å²) in [5, 5.41) is 6.56. The van der Waals surface area contributed by atoms with Gasteiger partial charge in [0.1, 0.15) is 5.75 Å². The molecule has 0 unspecified atom stereocenters. The average Bonchev–Trinajstić information content (AvgIpc) is 3.20. The van der Waals surface area contributed by atoms with Crippen molar-refractivity contribution in [3.8, 4) is 5.75 Å². The fourth-order valence-corrected chi connectivity index (χ4v) is 4.42. The molecule has 0 amide bonds. The van der Waals surface area contributed by atoms with Gasteiger partial charge in [0.25, 0.3) is 0 Å². The number of fused-ring (bicyclic) bond motifs is 1. The molecule has 1 aliphatic heterocycles. The molecule has 0 aromatic heterocycles. The van der Waals surface area contributed by atoms with Crippen LogP contribution in [-0.2, 0) is 29.4 Å². The highest BCUT2D eigenvalue weighted by atomic mass is 32.2. The molecule has 2 N–H and O–H groups in total. The summed E-state index contributed by atoms with van der Waals surface area (Å²) in [5.74, 6) is 1.66. The van der Waals surface area contributed by atoms with Crippen molar-refractivity contribution in [1.29, 1.82) is 0 Å². The fourth-order valence-electron chi connectivity index (χ4n) is 3.31. The van der Waals surface area contributed by atoms with Crippen LogP contribution in [0.25, 0.3) is 0 Å². The zero-order valence-electron chi connectivity index (χ0n) is 17.8. The first kappa shape index (κ1) is 22.1. The number of aliphatic imine (C=N–C) groups is 1. The summed E-state index contributed by atoms with van der Waals surface area (Å²) in [6.45, 7) is 4.49. The summed E-state index contributed by atoms with van der Waals surface area (Å²) >= 11 is 0. The van der Waals surface area contributed by atoms with E-state index in [0.29, 0.717) is 11.5 Å². The molecule has 0 spiro atoms. The third-order valence-electron chi connectivity index (χ3n) is 4.94. The monoisotopic (exact) mass is 430 g/mol. The van der Waals surface area contributed by atoms with Crippen molar-refractivity contribution in [2.45, 2.75) is 31.2 Å². The van der Waals surface area contributed by atoms with Crippen LogP contribution in [0.4, 0.5) is 0 Å². The van der Waals surface area contributed by atoms with Crippen LogP contribution >= 0.6 is 0 Å². The number of guanidine groups is 1. The highest BCUT2D eigenvalue weighted by Crippen LogP contribution is 2.25. The first-order valence-electron chi connectivity index (χ1n) is 10.2. The Morgan fingerprint density at radius 1 is 1.17 bits per heavy atom. The Hall–Kier alpha value is -2.58. The van der Waals surface area contributed by atoms with Crippen LogP contribution in [0.3, 0.4) is 0 Å². The Labute approximate surface area is 179 Å². The van der Waals surface area contributed by atoms with Crippen molar-refractivity contribution in [1.82, 2.24) is 14.9 Å². The maximum Gasteiger partial charge on any atom is 0.242 e. The SMILES string of the molecule is CCNC(=NCc1ccccc1S(=O)(=O)N(C)C)NCCc1ccc2c(c1)CCO2. The van der Waals surface area contributed by atoms with Crippen molar-refractivity contribution in [3.63, 3.8) is 0 Å². The molecule has 0 saturated heterocycles. The topological polar surface area (TPSA) is 83.0 Å². The Morgan fingerprint density at radius 2 is 1.97 bits per heavy atom. The predicted molar refractivity (Wildman–Crippen MR) is 119 cm³/mol. The van der Waals surface area contributed by atoms with Crippen molar-refractivity contribution < 1.29 is 13.2 Å². The van der Waals surface area contributed by atoms with Gasteiger partial charge in [-0.1, -0.05) is 30.3 Å². The molecule has 0 atom stereocenters. The van der Waals surface area contributed by atoms with Gasteiger partial charge in [-0.3, -0.25) is 0 Å². The normalized spacial score (nSPS) is 13.8. The van der Waals surface area contributed by atoms with E-state index < -0.39 is 10.0 Å². The number of sulfonamides is 1. The van der Waals surface area contributed by atoms with Crippen LogP contribution in [0.5, 0.6) is 5.75 Å². The van der Waals surface area contributed by atoms with Gasteiger partial charge in [-0.15, -0.1) is 0 Å². The van der Waals surface area contributed by atoms with Crippen LogP contribution in [-0.4, -0.2) is 52.5 Å². The van der Waals surface area contributed by atoms with Crippen LogP contribution in [0, 0.1) is 0 Å². The molecule has 2 aromatic rings. The van der Waals surface area contributed by atoms with Crippen LogP contribution in [0.1, 0.15) is 23.6 Å². The quantitative estimate of drug-likeness (QED) is 0.495. The van der Waals surface area contributed by atoms with E-state index in [0.717, 1.165) is 38.3 Å². The molecular weight excluding hydrogens is 400 g/mol. The maximum atomic E-state index is 12.6. The molecule has 8 heteroatoms. The van der Waals surface area contributed by atoms with Gasteiger partial charge in [-0.05, 0) is 42.2 Å². The number of nitrogens with zero attached hydrogens (tertiary/aromatic N) is 2. The minimum absolute atomic E-state index is 0.273. The number of nitrogens with one attached hydrogen (secondary N) is 2. The van der Waals surface area contributed by atoms with E-state index in [2.05, 4.69) is 27.8 Å². The second kappa shape index (κ2) is 9.95. The summed E-state index contributed by atoms with van der Waals surface area (Å²) in [7, 11) is -0.445. The Kier molecular flexibility index (Phi) is 7.33. The van der Waals surface area contributed by atoms with Gasteiger partial charge in [-0.2, -0.15) is 0 Å².